The number of carbonyl (C=O) groups is 1. The molecule has 0 saturated carbocycles. The molecule has 0 aromatic heterocycles. The van der Waals surface area contributed by atoms with Gasteiger partial charge in [0.05, 0.1) is 0 Å². The third-order valence-electron chi connectivity index (χ3n) is 2.91. The number of rotatable bonds is 0. The van der Waals surface area contributed by atoms with E-state index in [-0.39, 0.29) is 5.78 Å². The lowest BCUT2D eigenvalue weighted by Gasteiger charge is -2.07. The van der Waals surface area contributed by atoms with E-state index in [9.17, 15) is 4.79 Å². The van der Waals surface area contributed by atoms with Crippen molar-refractivity contribution in [3.8, 4) is 0 Å². The van der Waals surface area contributed by atoms with E-state index < -0.39 is 0 Å². The second-order valence-corrected chi connectivity index (χ2v) is 3.71. The van der Waals surface area contributed by atoms with Crippen molar-refractivity contribution in [3.63, 3.8) is 0 Å². The van der Waals surface area contributed by atoms with Gasteiger partial charge >= 0.3 is 0 Å². The number of ketones is 1. The summed E-state index contributed by atoms with van der Waals surface area (Å²) in [6, 6.07) is 7.90. The number of Topliss-reactive ketones (excluding diaryl/α,β-unsaturated/α-hetero) is 1. The molecule has 0 unspecified atom stereocenters. The Morgan fingerprint density at radius 3 is 2.71 bits per heavy atom. The Balaban J connectivity index is 2.28. The highest BCUT2D eigenvalue weighted by atomic mass is 16.1. The first-order valence-corrected chi connectivity index (χ1v) is 4.92. The van der Waals surface area contributed by atoms with Crippen molar-refractivity contribution in [1.82, 2.24) is 0 Å². The normalized spacial score (nSPS) is 18.4. The minimum atomic E-state index is 0.201. The molecule has 1 aromatic rings. The average molecular weight is 182 g/mol. The third kappa shape index (κ3) is 0.869. The standard InChI is InChI=1S/C13H10O/c14-13-11-7-3-1-5-9(11)10-6-2-4-8-12(10)13/h1,3-5,7-8H,2,6H2. The molecule has 68 valence electrons. The van der Waals surface area contributed by atoms with Crippen LogP contribution in [0.15, 0.2) is 42.0 Å². The van der Waals surface area contributed by atoms with Gasteiger partial charge in [0.15, 0.2) is 5.78 Å². The topological polar surface area (TPSA) is 17.1 Å². The highest BCUT2D eigenvalue weighted by Gasteiger charge is 2.27. The smallest absolute Gasteiger partial charge is 0.193 e. The summed E-state index contributed by atoms with van der Waals surface area (Å²) in [5.74, 6) is 0.201. The Morgan fingerprint density at radius 2 is 1.86 bits per heavy atom. The number of benzene rings is 1. The summed E-state index contributed by atoms with van der Waals surface area (Å²) >= 11 is 0. The van der Waals surface area contributed by atoms with Crippen LogP contribution in [0.5, 0.6) is 0 Å². The molecule has 1 heteroatoms. The molecule has 0 radical (unpaired) electrons. The summed E-state index contributed by atoms with van der Waals surface area (Å²) in [6.07, 6.45) is 6.12. The summed E-state index contributed by atoms with van der Waals surface area (Å²) < 4.78 is 0. The molecular weight excluding hydrogens is 172 g/mol. The van der Waals surface area contributed by atoms with E-state index >= 15 is 0 Å². The zero-order valence-electron chi connectivity index (χ0n) is 7.79. The van der Waals surface area contributed by atoms with Crippen LogP contribution in [0.25, 0.3) is 5.57 Å². The van der Waals surface area contributed by atoms with Gasteiger partial charge in [0.1, 0.15) is 0 Å². The minimum absolute atomic E-state index is 0.201. The van der Waals surface area contributed by atoms with E-state index in [1.165, 1.54) is 5.57 Å². The fourth-order valence-corrected chi connectivity index (χ4v) is 2.25. The van der Waals surface area contributed by atoms with Crippen molar-refractivity contribution in [3.05, 3.63) is 53.1 Å². The maximum absolute atomic E-state index is 11.9. The monoisotopic (exact) mass is 182 g/mol. The first-order chi connectivity index (χ1) is 6.88. The highest BCUT2D eigenvalue weighted by molar-refractivity contribution is 6.22. The fourth-order valence-electron chi connectivity index (χ4n) is 2.25. The highest BCUT2D eigenvalue weighted by Crippen LogP contribution is 2.38. The lowest BCUT2D eigenvalue weighted by Crippen LogP contribution is -1.96. The summed E-state index contributed by atoms with van der Waals surface area (Å²) in [5.41, 5.74) is 4.19. The van der Waals surface area contributed by atoms with Crippen molar-refractivity contribution in [2.24, 2.45) is 0 Å². The van der Waals surface area contributed by atoms with Gasteiger partial charge in [-0.05, 0) is 24.0 Å². The van der Waals surface area contributed by atoms with E-state index in [1.54, 1.807) is 0 Å². The van der Waals surface area contributed by atoms with Gasteiger partial charge in [-0.15, -0.1) is 0 Å². The molecule has 0 bridgehead atoms. The number of hydrogen-bond acceptors (Lipinski definition) is 1. The van der Waals surface area contributed by atoms with E-state index in [2.05, 4.69) is 12.1 Å². The van der Waals surface area contributed by atoms with Gasteiger partial charge < -0.3 is 0 Å². The third-order valence-corrected chi connectivity index (χ3v) is 2.91. The number of carbonyl (C=O) groups excluding carboxylic acids is 1. The predicted octanol–water partition coefficient (Wildman–Crippen LogP) is 2.99. The van der Waals surface area contributed by atoms with E-state index in [1.807, 2.05) is 24.3 Å². The summed E-state index contributed by atoms with van der Waals surface area (Å²) in [7, 11) is 0. The molecule has 0 atom stereocenters. The first-order valence-electron chi connectivity index (χ1n) is 4.92. The van der Waals surface area contributed by atoms with E-state index in [0.717, 1.165) is 29.5 Å². The van der Waals surface area contributed by atoms with Gasteiger partial charge in [-0.2, -0.15) is 0 Å². The van der Waals surface area contributed by atoms with Crippen LogP contribution in [-0.2, 0) is 0 Å². The van der Waals surface area contributed by atoms with Gasteiger partial charge in [0, 0.05) is 11.1 Å². The van der Waals surface area contributed by atoms with Gasteiger partial charge in [0.2, 0.25) is 0 Å². The largest absolute Gasteiger partial charge is 0.289 e. The summed E-state index contributed by atoms with van der Waals surface area (Å²) in [4.78, 5) is 11.9. The lowest BCUT2D eigenvalue weighted by atomic mass is 9.97. The molecule has 0 aliphatic heterocycles. The summed E-state index contributed by atoms with van der Waals surface area (Å²) in [5, 5.41) is 0. The van der Waals surface area contributed by atoms with Crippen LogP contribution < -0.4 is 0 Å². The number of allylic oxidation sites excluding steroid dienone is 4. The van der Waals surface area contributed by atoms with Gasteiger partial charge in [0.25, 0.3) is 0 Å². The van der Waals surface area contributed by atoms with E-state index in [0.29, 0.717) is 0 Å². The Hall–Kier alpha value is -1.63. The maximum Gasteiger partial charge on any atom is 0.193 e. The van der Waals surface area contributed by atoms with Crippen LogP contribution in [0.2, 0.25) is 0 Å². The minimum Gasteiger partial charge on any atom is -0.289 e. The van der Waals surface area contributed by atoms with Crippen LogP contribution in [-0.4, -0.2) is 5.78 Å². The maximum atomic E-state index is 11.9. The molecule has 1 nitrogen and oxygen atoms in total. The molecule has 2 aliphatic rings. The Morgan fingerprint density at radius 1 is 1.07 bits per heavy atom. The predicted molar refractivity (Wildman–Crippen MR) is 56.1 cm³/mol. The Bertz CT molecular complexity index is 478. The molecule has 0 heterocycles. The number of fused-ring (bicyclic) bond motifs is 2. The quantitative estimate of drug-likeness (QED) is 0.602. The Labute approximate surface area is 82.8 Å². The lowest BCUT2D eigenvalue weighted by molar-refractivity contribution is 0.104. The van der Waals surface area contributed by atoms with Gasteiger partial charge in [-0.3, -0.25) is 4.79 Å². The van der Waals surface area contributed by atoms with Gasteiger partial charge in [-0.25, -0.2) is 0 Å². The van der Waals surface area contributed by atoms with Crippen LogP contribution in [0.4, 0.5) is 0 Å². The number of hydrogen-bond donors (Lipinski definition) is 0. The molecule has 3 rings (SSSR count). The van der Waals surface area contributed by atoms with Crippen LogP contribution >= 0.6 is 0 Å². The molecule has 1 aromatic carbocycles. The molecular formula is C13H10O. The van der Waals surface area contributed by atoms with Crippen molar-refractivity contribution < 1.29 is 4.79 Å². The molecule has 14 heavy (non-hydrogen) atoms. The Kier molecular flexibility index (Phi) is 1.48. The zero-order chi connectivity index (χ0) is 9.54. The van der Waals surface area contributed by atoms with Crippen LogP contribution in [0.1, 0.15) is 28.8 Å². The first kappa shape index (κ1) is 7.74. The molecule has 0 fully saturated rings. The van der Waals surface area contributed by atoms with Crippen molar-refractivity contribution in [1.29, 1.82) is 0 Å². The van der Waals surface area contributed by atoms with E-state index in [4.69, 9.17) is 0 Å². The van der Waals surface area contributed by atoms with Crippen molar-refractivity contribution in [2.75, 3.05) is 0 Å². The molecule has 0 N–H and O–H groups in total. The second-order valence-electron chi connectivity index (χ2n) is 3.71. The van der Waals surface area contributed by atoms with Crippen molar-refractivity contribution in [2.45, 2.75) is 12.8 Å². The summed E-state index contributed by atoms with van der Waals surface area (Å²) in [6.45, 7) is 0. The second kappa shape index (κ2) is 2.68. The zero-order valence-corrected chi connectivity index (χ0v) is 7.79. The molecule has 2 aliphatic carbocycles. The molecule has 0 amide bonds. The van der Waals surface area contributed by atoms with Crippen LogP contribution in [0.3, 0.4) is 0 Å². The average Bonchev–Trinajstić information content (AvgIpc) is 2.55. The van der Waals surface area contributed by atoms with Crippen molar-refractivity contribution >= 4 is 11.4 Å². The fraction of sp³-hybridized carbons (Fsp3) is 0.154. The molecule has 0 spiro atoms. The van der Waals surface area contributed by atoms with Gasteiger partial charge in [-0.1, -0.05) is 36.4 Å². The SMILES string of the molecule is O=C1C2=C(CCC=C2)c2ccccc21. The molecule has 0 saturated heterocycles. The van der Waals surface area contributed by atoms with Crippen LogP contribution in [0, 0.1) is 0 Å².